The maximum Gasteiger partial charge on any atom is 0.191 e. The summed E-state index contributed by atoms with van der Waals surface area (Å²) in [4.78, 5) is 8.60. The Morgan fingerprint density at radius 2 is 2.00 bits per heavy atom. The highest BCUT2D eigenvalue weighted by atomic mass is 16.5. The lowest BCUT2D eigenvalue weighted by atomic mass is 10.2. The van der Waals surface area contributed by atoms with Crippen LogP contribution in [0.5, 0.6) is 11.5 Å². The zero-order valence-corrected chi connectivity index (χ0v) is 15.2. The van der Waals surface area contributed by atoms with Crippen LogP contribution in [0.3, 0.4) is 0 Å². The summed E-state index contributed by atoms with van der Waals surface area (Å²) in [6.07, 6.45) is 1.77. The van der Waals surface area contributed by atoms with Crippen LogP contribution in [0.1, 0.15) is 18.2 Å². The first kappa shape index (κ1) is 18.6. The van der Waals surface area contributed by atoms with Crippen molar-refractivity contribution in [2.24, 2.45) is 4.99 Å². The van der Waals surface area contributed by atoms with Crippen LogP contribution in [0.4, 0.5) is 0 Å². The van der Waals surface area contributed by atoms with Gasteiger partial charge in [-0.3, -0.25) is 9.98 Å². The van der Waals surface area contributed by atoms with Gasteiger partial charge in [-0.15, -0.1) is 0 Å². The van der Waals surface area contributed by atoms with Crippen molar-refractivity contribution in [3.05, 3.63) is 53.9 Å². The molecule has 0 spiro atoms. The number of aliphatic imine (C=N–C) groups is 1. The summed E-state index contributed by atoms with van der Waals surface area (Å²) in [6, 6.07) is 11.6. The molecule has 1 aromatic heterocycles. The summed E-state index contributed by atoms with van der Waals surface area (Å²) in [7, 11) is 3.39. The van der Waals surface area contributed by atoms with E-state index in [1.807, 2.05) is 50.2 Å². The van der Waals surface area contributed by atoms with Crippen LogP contribution < -0.4 is 20.1 Å². The molecule has 2 N–H and O–H groups in total. The highest BCUT2D eigenvalue weighted by Gasteiger charge is 2.07. The second kappa shape index (κ2) is 9.52. The Hall–Kier alpha value is -2.76. The largest absolute Gasteiger partial charge is 0.497 e. The molecule has 0 aliphatic heterocycles. The number of nitrogens with one attached hydrogen (secondary N) is 2. The van der Waals surface area contributed by atoms with Gasteiger partial charge in [0.15, 0.2) is 5.96 Å². The average Bonchev–Trinajstić information content (AvgIpc) is 2.63. The molecule has 1 unspecified atom stereocenters. The molecule has 6 heteroatoms. The zero-order valence-electron chi connectivity index (χ0n) is 15.2. The Morgan fingerprint density at radius 1 is 1.20 bits per heavy atom. The molecular weight excluding hydrogens is 316 g/mol. The number of nitrogens with zero attached hydrogens (tertiary/aromatic N) is 2. The molecule has 6 nitrogen and oxygen atoms in total. The zero-order chi connectivity index (χ0) is 18.1. The van der Waals surface area contributed by atoms with E-state index < -0.39 is 0 Å². The number of pyridine rings is 1. The van der Waals surface area contributed by atoms with Gasteiger partial charge in [0.25, 0.3) is 0 Å². The first-order valence-electron chi connectivity index (χ1n) is 8.28. The minimum Gasteiger partial charge on any atom is -0.497 e. The predicted molar refractivity (Wildman–Crippen MR) is 100 cm³/mol. The van der Waals surface area contributed by atoms with Crippen LogP contribution >= 0.6 is 0 Å². The van der Waals surface area contributed by atoms with Crippen molar-refractivity contribution in [3.63, 3.8) is 0 Å². The summed E-state index contributed by atoms with van der Waals surface area (Å²) < 4.78 is 11.1. The molecule has 134 valence electrons. The van der Waals surface area contributed by atoms with E-state index in [-0.39, 0.29) is 6.10 Å². The molecule has 0 aliphatic rings. The normalized spacial score (nSPS) is 12.4. The summed E-state index contributed by atoms with van der Waals surface area (Å²) >= 11 is 0. The summed E-state index contributed by atoms with van der Waals surface area (Å²) in [5, 5.41) is 6.53. The second-order valence-corrected chi connectivity index (χ2v) is 5.68. The van der Waals surface area contributed by atoms with Gasteiger partial charge in [-0.2, -0.15) is 0 Å². The van der Waals surface area contributed by atoms with Gasteiger partial charge in [0, 0.05) is 19.3 Å². The van der Waals surface area contributed by atoms with Crippen LogP contribution in [0, 0.1) is 6.92 Å². The topological polar surface area (TPSA) is 67.8 Å². The highest BCUT2D eigenvalue weighted by Crippen LogP contribution is 2.19. The third-order valence-corrected chi connectivity index (χ3v) is 3.70. The van der Waals surface area contributed by atoms with Crippen molar-refractivity contribution in [1.82, 2.24) is 15.6 Å². The number of methoxy groups -OCH3 is 1. The Kier molecular flexibility index (Phi) is 7.07. The van der Waals surface area contributed by atoms with Crippen molar-refractivity contribution in [2.75, 3.05) is 20.7 Å². The van der Waals surface area contributed by atoms with Crippen LogP contribution in [0.2, 0.25) is 0 Å². The fraction of sp³-hybridized carbons (Fsp3) is 0.368. The molecule has 0 saturated carbocycles. The standard InChI is InChI=1S/C19H26N4O2/c1-14-7-6-10-21-18(14)13-23-19(20-3)22-12-15(2)25-17-9-5-8-16(11-17)24-4/h5-11,15H,12-13H2,1-4H3,(H2,20,22,23). The first-order valence-corrected chi connectivity index (χ1v) is 8.28. The second-order valence-electron chi connectivity index (χ2n) is 5.68. The smallest absolute Gasteiger partial charge is 0.191 e. The molecule has 0 aliphatic carbocycles. The molecule has 1 atom stereocenters. The van der Waals surface area contributed by atoms with Crippen molar-refractivity contribution in [2.45, 2.75) is 26.5 Å². The van der Waals surface area contributed by atoms with Gasteiger partial charge in [-0.25, -0.2) is 0 Å². The number of hydrogen-bond acceptors (Lipinski definition) is 4. The van der Waals surface area contributed by atoms with Gasteiger partial charge in [-0.05, 0) is 37.6 Å². The maximum absolute atomic E-state index is 5.90. The molecule has 0 bridgehead atoms. The minimum atomic E-state index is -0.0257. The predicted octanol–water partition coefficient (Wildman–Crippen LogP) is 2.53. The molecule has 2 rings (SSSR count). The molecule has 0 amide bonds. The van der Waals surface area contributed by atoms with Gasteiger partial charge < -0.3 is 20.1 Å². The van der Waals surface area contributed by atoms with Crippen molar-refractivity contribution < 1.29 is 9.47 Å². The average molecular weight is 342 g/mol. The van der Waals surface area contributed by atoms with Gasteiger partial charge in [0.1, 0.15) is 17.6 Å². The molecule has 1 heterocycles. The Bertz CT molecular complexity index is 703. The van der Waals surface area contributed by atoms with Gasteiger partial charge in [0.2, 0.25) is 0 Å². The van der Waals surface area contributed by atoms with E-state index in [9.17, 15) is 0 Å². The van der Waals surface area contributed by atoms with Gasteiger partial charge in [-0.1, -0.05) is 12.1 Å². The van der Waals surface area contributed by atoms with Crippen molar-refractivity contribution >= 4 is 5.96 Å². The number of aryl methyl sites for hydroxylation is 1. The minimum absolute atomic E-state index is 0.0257. The van der Waals surface area contributed by atoms with E-state index in [0.29, 0.717) is 19.0 Å². The quantitative estimate of drug-likeness (QED) is 0.598. The van der Waals surface area contributed by atoms with Crippen molar-refractivity contribution in [1.29, 1.82) is 0 Å². The lowest BCUT2D eigenvalue weighted by molar-refractivity contribution is 0.223. The van der Waals surface area contributed by atoms with Crippen LogP contribution in [0.15, 0.2) is 47.6 Å². The SMILES string of the molecule is CN=C(NCc1ncccc1C)NCC(C)Oc1cccc(OC)c1. The third-order valence-electron chi connectivity index (χ3n) is 3.70. The lowest BCUT2D eigenvalue weighted by Gasteiger charge is -2.18. The number of guanidine groups is 1. The number of aromatic nitrogens is 1. The number of rotatable bonds is 7. The number of hydrogen-bond donors (Lipinski definition) is 2. The van der Waals surface area contributed by atoms with Crippen molar-refractivity contribution in [3.8, 4) is 11.5 Å². The number of ether oxygens (including phenoxy) is 2. The van der Waals surface area contributed by atoms with Gasteiger partial charge in [0.05, 0.1) is 25.9 Å². The summed E-state index contributed by atoms with van der Waals surface area (Å²) in [5.41, 5.74) is 2.16. The molecule has 0 radical (unpaired) electrons. The number of benzene rings is 1. The highest BCUT2D eigenvalue weighted by molar-refractivity contribution is 5.79. The van der Waals surface area contributed by atoms with Gasteiger partial charge >= 0.3 is 0 Å². The molecule has 0 fully saturated rings. The van der Waals surface area contributed by atoms with E-state index in [4.69, 9.17) is 9.47 Å². The first-order chi connectivity index (χ1) is 12.1. The van der Waals surface area contributed by atoms with Crippen LogP contribution in [0.25, 0.3) is 0 Å². The van der Waals surface area contributed by atoms with E-state index >= 15 is 0 Å². The Balaban J connectivity index is 1.80. The molecule has 1 aromatic carbocycles. The third kappa shape index (κ3) is 5.99. The molecule has 25 heavy (non-hydrogen) atoms. The van der Waals surface area contributed by atoms with E-state index in [1.165, 1.54) is 0 Å². The van der Waals surface area contributed by atoms with E-state index in [1.54, 1.807) is 20.4 Å². The fourth-order valence-corrected chi connectivity index (χ4v) is 2.28. The molecular formula is C19H26N4O2. The fourth-order valence-electron chi connectivity index (χ4n) is 2.28. The maximum atomic E-state index is 5.90. The van der Waals surface area contributed by atoms with E-state index in [2.05, 4.69) is 20.6 Å². The molecule has 2 aromatic rings. The van der Waals surface area contributed by atoms with Crippen LogP contribution in [-0.4, -0.2) is 37.7 Å². The van der Waals surface area contributed by atoms with Crippen LogP contribution in [-0.2, 0) is 6.54 Å². The summed E-state index contributed by atoms with van der Waals surface area (Å²) in [6.45, 7) is 5.29. The Morgan fingerprint density at radius 3 is 2.72 bits per heavy atom. The lowest BCUT2D eigenvalue weighted by Crippen LogP contribution is -2.41. The summed E-state index contributed by atoms with van der Waals surface area (Å²) in [5.74, 6) is 2.27. The van der Waals surface area contributed by atoms with E-state index in [0.717, 1.165) is 22.8 Å². The monoisotopic (exact) mass is 342 g/mol. The Labute approximate surface area is 149 Å². The molecule has 0 saturated heterocycles.